The number of aromatic nitrogens is 1. The second kappa shape index (κ2) is 7.77. The fourth-order valence-electron chi connectivity index (χ4n) is 2.60. The van der Waals surface area contributed by atoms with Gasteiger partial charge in [0.15, 0.2) is 0 Å². The Bertz CT molecular complexity index is 691. The van der Waals surface area contributed by atoms with Crippen LogP contribution in [0, 0.1) is 13.8 Å². The van der Waals surface area contributed by atoms with Gasteiger partial charge in [0, 0.05) is 13.2 Å². The first-order chi connectivity index (χ1) is 11.6. The molecule has 5 nitrogen and oxygen atoms in total. The van der Waals surface area contributed by atoms with Crippen LogP contribution in [0.4, 0.5) is 0 Å². The van der Waals surface area contributed by atoms with Gasteiger partial charge in [-0.2, -0.15) is 0 Å². The molecular formula is C18H22N2O3S. The quantitative estimate of drug-likeness (QED) is 0.872. The van der Waals surface area contributed by atoms with Crippen molar-refractivity contribution in [2.45, 2.75) is 39.4 Å². The molecule has 128 valence electrons. The molecule has 1 aromatic carbocycles. The number of aryl methyl sites for hydroxylation is 2. The summed E-state index contributed by atoms with van der Waals surface area (Å²) in [6, 6.07) is 7.88. The average Bonchev–Trinajstić information content (AvgIpc) is 3.22. The molecule has 1 aliphatic heterocycles. The first-order valence-electron chi connectivity index (χ1n) is 8.17. The fraction of sp³-hybridized carbons (Fsp3) is 0.444. The van der Waals surface area contributed by atoms with Crippen molar-refractivity contribution in [3.63, 3.8) is 0 Å². The number of ether oxygens (including phenoxy) is 2. The van der Waals surface area contributed by atoms with Crippen LogP contribution in [0.25, 0.3) is 0 Å². The van der Waals surface area contributed by atoms with Crippen LogP contribution in [0.5, 0.6) is 5.75 Å². The summed E-state index contributed by atoms with van der Waals surface area (Å²) in [6.07, 6.45) is 2.23. The minimum Gasteiger partial charge on any atom is -0.486 e. The number of benzene rings is 1. The van der Waals surface area contributed by atoms with E-state index in [4.69, 9.17) is 9.47 Å². The van der Waals surface area contributed by atoms with E-state index in [0.29, 0.717) is 18.0 Å². The molecule has 0 spiro atoms. The highest BCUT2D eigenvalue weighted by Crippen LogP contribution is 2.21. The highest BCUT2D eigenvalue weighted by atomic mass is 32.1. The van der Waals surface area contributed by atoms with E-state index in [0.717, 1.165) is 35.9 Å². The molecule has 24 heavy (non-hydrogen) atoms. The summed E-state index contributed by atoms with van der Waals surface area (Å²) in [5.41, 5.74) is 1.94. The topological polar surface area (TPSA) is 60.5 Å². The van der Waals surface area contributed by atoms with Crippen molar-refractivity contribution < 1.29 is 14.3 Å². The lowest BCUT2D eigenvalue weighted by Gasteiger charge is -2.09. The van der Waals surface area contributed by atoms with Gasteiger partial charge < -0.3 is 14.8 Å². The molecule has 2 aromatic rings. The van der Waals surface area contributed by atoms with E-state index in [1.807, 2.05) is 38.1 Å². The lowest BCUT2D eigenvalue weighted by atomic mass is 10.2. The molecule has 1 saturated heterocycles. The zero-order valence-corrected chi connectivity index (χ0v) is 14.8. The summed E-state index contributed by atoms with van der Waals surface area (Å²) in [7, 11) is 0. The first kappa shape index (κ1) is 16.9. The van der Waals surface area contributed by atoms with Gasteiger partial charge in [-0.3, -0.25) is 4.79 Å². The van der Waals surface area contributed by atoms with Gasteiger partial charge in [-0.15, -0.1) is 11.3 Å². The number of hydrogen-bond donors (Lipinski definition) is 1. The third-order valence-electron chi connectivity index (χ3n) is 3.94. The Morgan fingerprint density at radius 2 is 2.17 bits per heavy atom. The molecule has 1 aliphatic rings. The van der Waals surface area contributed by atoms with Gasteiger partial charge in [-0.1, -0.05) is 17.7 Å². The fourth-order valence-corrected chi connectivity index (χ4v) is 3.49. The average molecular weight is 346 g/mol. The summed E-state index contributed by atoms with van der Waals surface area (Å²) in [5, 5.41) is 3.74. The molecule has 0 saturated carbocycles. The van der Waals surface area contributed by atoms with Crippen LogP contribution in [0.2, 0.25) is 0 Å². The largest absolute Gasteiger partial charge is 0.486 e. The second-order valence-electron chi connectivity index (χ2n) is 5.97. The normalized spacial score (nSPS) is 17.0. The zero-order chi connectivity index (χ0) is 16.9. The third kappa shape index (κ3) is 4.33. The minimum atomic E-state index is -0.0814. The van der Waals surface area contributed by atoms with Gasteiger partial charge in [0.05, 0.1) is 11.8 Å². The van der Waals surface area contributed by atoms with Crippen LogP contribution in [0.1, 0.15) is 38.8 Å². The van der Waals surface area contributed by atoms with Crippen molar-refractivity contribution in [3.05, 3.63) is 45.4 Å². The smallest absolute Gasteiger partial charge is 0.263 e. The maximum atomic E-state index is 12.3. The summed E-state index contributed by atoms with van der Waals surface area (Å²) in [5.74, 6) is 0.722. The Morgan fingerprint density at radius 3 is 2.88 bits per heavy atom. The molecular weight excluding hydrogens is 324 g/mol. The molecule has 1 aromatic heterocycles. The number of nitrogens with one attached hydrogen (secondary N) is 1. The van der Waals surface area contributed by atoms with Gasteiger partial charge in [-0.25, -0.2) is 4.98 Å². The molecule has 0 radical (unpaired) electrons. The van der Waals surface area contributed by atoms with Crippen LogP contribution in [0.3, 0.4) is 0 Å². The van der Waals surface area contributed by atoms with Gasteiger partial charge in [0.1, 0.15) is 22.2 Å². The number of carbonyl (C=O) groups excluding carboxylic acids is 1. The Kier molecular flexibility index (Phi) is 5.48. The van der Waals surface area contributed by atoms with Crippen LogP contribution >= 0.6 is 11.3 Å². The third-order valence-corrected chi connectivity index (χ3v) is 5.07. The number of amides is 1. The van der Waals surface area contributed by atoms with Gasteiger partial charge in [0.2, 0.25) is 0 Å². The zero-order valence-electron chi connectivity index (χ0n) is 14.0. The molecule has 0 unspecified atom stereocenters. The Balaban J connectivity index is 1.55. The van der Waals surface area contributed by atoms with Crippen LogP contribution < -0.4 is 10.1 Å². The van der Waals surface area contributed by atoms with E-state index in [9.17, 15) is 4.79 Å². The number of nitrogens with zero attached hydrogens (tertiary/aromatic N) is 1. The van der Waals surface area contributed by atoms with E-state index in [-0.39, 0.29) is 12.0 Å². The predicted molar refractivity (Wildman–Crippen MR) is 93.7 cm³/mol. The van der Waals surface area contributed by atoms with Crippen LogP contribution in [-0.4, -0.2) is 30.1 Å². The molecule has 0 aliphatic carbocycles. The van der Waals surface area contributed by atoms with Crippen molar-refractivity contribution in [3.8, 4) is 5.75 Å². The summed E-state index contributed by atoms with van der Waals surface area (Å²) in [6.45, 7) is 5.61. The lowest BCUT2D eigenvalue weighted by molar-refractivity contribution is 0.0860. The molecule has 1 atom stereocenters. The first-order valence-corrected chi connectivity index (χ1v) is 8.99. The van der Waals surface area contributed by atoms with E-state index < -0.39 is 0 Å². The number of thiazole rings is 1. The maximum Gasteiger partial charge on any atom is 0.263 e. The Labute approximate surface area is 146 Å². The van der Waals surface area contributed by atoms with Crippen molar-refractivity contribution in [2.75, 3.05) is 13.2 Å². The predicted octanol–water partition coefficient (Wildman–Crippen LogP) is 3.25. The number of carbonyl (C=O) groups is 1. The van der Waals surface area contributed by atoms with Gasteiger partial charge >= 0.3 is 0 Å². The summed E-state index contributed by atoms with van der Waals surface area (Å²) >= 11 is 1.38. The minimum absolute atomic E-state index is 0.0814. The number of hydrogen-bond acceptors (Lipinski definition) is 5. The molecule has 0 bridgehead atoms. The van der Waals surface area contributed by atoms with Crippen molar-refractivity contribution >= 4 is 17.2 Å². The SMILES string of the molecule is Cc1ccc(OCc2nc(C)c(C(=O)NC[C@H]3CCCO3)s2)cc1. The van der Waals surface area contributed by atoms with Gasteiger partial charge in [-0.05, 0) is 38.8 Å². The van der Waals surface area contributed by atoms with E-state index in [2.05, 4.69) is 10.3 Å². The molecule has 6 heteroatoms. The summed E-state index contributed by atoms with van der Waals surface area (Å²) < 4.78 is 11.3. The van der Waals surface area contributed by atoms with Crippen LogP contribution in [0.15, 0.2) is 24.3 Å². The Morgan fingerprint density at radius 1 is 1.38 bits per heavy atom. The summed E-state index contributed by atoms with van der Waals surface area (Å²) in [4.78, 5) is 17.4. The highest BCUT2D eigenvalue weighted by Gasteiger charge is 2.19. The van der Waals surface area contributed by atoms with Crippen molar-refractivity contribution in [2.24, 2.45) is 0 Å². The second-order valence-corrected chi connectivity index (χ2v) is 7.05. The monoisotopic (exact) mass is 346 g/mol. The standard InChI is InChI=1S/C18H22N2O3S/c1-12-5-7-14(8-6-12)23-11-16-20-13(2)17(24-16)18(21)19-10-15-4-3-9-22-15/h5-8,15H,3-4,9-11H2,1-2H3,(H,19,21)/t15-/m1/s1. The maximum absolute atomic E-state index is 12.3. The van der Waals surface area contributed by atoms with E-state index in [1.54, 1.807) is 0 Å². The van der Waals surface area contributed by atoms with Gasteiger partial charge in [0.25, 0.3) is 5.91 Å². The highest BCUT2D eigenvalue weighted by molar-refractivity contribution is 7.13. The lowest BCUT2D eigenvalue weighted by Crippen LogP contribution is -2.31. The van der Waals surface area contributed by atoms with E-state index >= 15 is 0 Å². The molecule has 1 amide bonds. The molecule has 1 N–H and O–H groups in total. The molecule has 1 fully saturated rings. The Hall–Kier alpha value is -1.92. The molecule has 3 rings (SSSR count). The van der Waals surface area contributed by atoms with Crippen molar-refractivity contribution in [1.29, 1.82) is 0 Å². The van der Waals surface area contributed by atoms with Crippen LogP contribution in [-0.2, 0) is 11.3 Å². The van der Waals surface area contributed by atoms with E-state index in [1.165, 1.54) is 16.9 Å². The number of rotatable bonds is 6. The van der Waals surface area contributed by atoms with Crippen molar-refractivity contribution in [1.82, 2.24) is 10.3 Å². The molecule has 2 heterocycles.